The zero-order valence-corrected chi connectivity index (χ0v) is 15.3. The number of hydrogen-bond acceptors (Lipinski definition) is 4. The molecule has 0 rings (SSSR count). The molecule has 4 nitrogen and oxygen atoms in total. The Kier molecular flexibility index (Phi) is 9.38. The largest absolute Gasteiger partial charge is 0.465 e. The summed E-state index contributed by atoms with van der Waals surface area (Å²) in [7, 11) is 0. The number of carbonyl (C=O) groups is 2. The van der Waals surface area contributed by atoms with Gasteiger partial charge < -0.3 is 9.47 Å². The van der Waals surface area contributed by atoms with Crippen molar-refractivity contribution in [1.82, 2.24) is 0 Å². The predicted octanol–water partition coefficient (Wildman–Crippen LogP) is 4.51. The van der Waals surface area contributed by atoms with Crippen LogP contribution < -0.4 is 0 Å². The second kappa shape index (κ2) is 9.86. The molecule has 0 spiro atoms. The van der Waals surface area contributed by atoms with Crippen molar-refractivity contribution in [3.8, 4) is 0 Å². The van der Waals surface area contributed by atoms with Crippen molar-refractivity contribution in [2.75, 3.05) is 13.2 Å². The maximum atomic E-state index is 11.9. The third kappa shape index (κ3) is 7.81. The van der Waals surface area contributed by atoms with Crippen LogP contribution in [0.3, 0.4) is 0 Å². The van der Waals surface area contributed by atoms with E-state index in [0.29, 0.717) is 13.2 Å². The summed E-state index contributed by atoms with van der Waals surface area (Å²) in [6.07, 6.45) is 5.02. The van der Waals surface area contributed by atoms with Crippen LogP contribution in [0.15, 0.2) is 0 Å². The molecule has 0 saturated heterocycles. The minimum Gasteiger partial charge on any atom is -0.465 e. The molecule has 0 aromatic rings. The van der Waals surface area contributed by atoms with Gasteiger partial charge in [-0.25, -0.2) is 0 Å². The number of carbonyl (C=O) groups excluding carboxylic acids is 2. The van der Waals surface area contributed by atoms with Crippen molar-refractivity contribution >= 4 is 11.9 Å². The molecule has 130 valence electrons. The Morgan fingerprint density at radius 1 is 0.727 bits per heavy atom. The van der Waals surface area contributed by atoms with Gasteiger partial charge in [0.1, 0.15) is 0 Å². The lowest BCUT2D eigenvalue weighted by molar-refractivity contribution is -0.156. The Morgan fingerprint density at radius 2 is 1.05 bits per heavy atom. The highest BCUT2D eigenvalue weighted by Crippen LogP contribution is 2.25. The van der Waals surface area contributed by atoms with Crippen LogP contribution in [-0.4, -0.2) is 25.2 Å². The van der Waals surface area contributed by atoms with Gasteiger partial charge in [-0.2, -0.15) is 0 Å². The van der Waals surface area contributed by atoms with Crippen LogP contribution in [0.1, 0.15) is 80.1 Å². The van der Waals surface area contributed by atoms with E-state index in [0.717, 1.165) is 38.5 Å². The quantitative estimate of drug-likeness (QED) is 0.416. The SMILES string of the molecule is CCCC(C)(C)C(=O)OCCCCOC(=O)C(C)(C)CCC. The van der Waals surface area contributed by atoms with Crippen LogP contribution >= 0.6 is 0 Å². The number of unbranched alkanes of at least 4 members (excludes halogenated alkanes) is 1. The highest BCUT2D eigenvalue weighted by Gasteiger charge is 2.29. The first-order valence-corrected chi connectivity index (χ1v) is 8.52. The lowest BCUT2D eigenvalue weighted by Crippen LogP contribution is -2.27. The predicted molar refractivity (Wildman–Crippen MR) is 88.5 cm³/mol. The molecule has 0 heterocycles. The molecule has 0 aliphatic heterocycles. The van der Waals surface area contributed by atoms with Crippen LogP contribution in [0.25, 0.3) is 0 Å². The van der Waals surface area contributed by atoms with Gasteiger partial charge in [0.25, 0.3) is 0 Å². The maximum Gasteiger partial charge on any atom is 0.311 e. The summed E-state index contributed by atoms with van der Waals surface area (Å²) in [6.45, 7) is 12.6. The summed E-state index contributed by atoms with van der Waals surface area (Å²) in [4.78, 5) is 23.8. The number of esters is 2. The van der Waals surface area contributed by atoms with E-state index < -0.39 is 10.8 Å². The van der Waals surface area contributed by atoms with E-state index in [1.54, 1.807) is 0 Å². The molecule has 0 saturated carbocycles. The fourth-order valence-corrected chi connectivity index (χ4v) is 2.38. The first kappa shape index (κ1) is 20.9. The molecule has 0 atom stereocenters. The van der Waals surface area contributed by atoms with Crippen molar-refractivity contribution in [3.63, 3.8) is 0 Å². The molecule has 0 aliphatic carbocycles. The topological polar surface area (TPSA) is 52.6 Å². The standard InChI is InChI=1S/C18H34O4/c1-7-11-17(3,4)15(19)21-13-9-10-14-22-16(20)18(5,6)12-8-2/h7-14H2,1-6H3. The highest BCUT2D eigenvalue weighted by molar-refractivity contribution is 5.76. The Morgan fingerprint density at radius 3 is 1.32 bits per heavy atom. The first-order chi connectivity index (χ1) is 10.2. The van der Waals surface area contributed by atoms with E-state index in [1.807, 2.05) is 27.7 Å². The Bertz CT molecular complexity index is 311. The Balaban J connectivity index is 3.83. The molecule has 0 aromatic heterocycles. The van der Waals surface area contributed by atoms with Gasteiger partial charge in [-0.3, -0.25) is 9.59 Å². The fourth-order valence-electron chi connectivity index (χ4n) is 2.38. The van der Waals surface area contributed by atoms with Crippen LogP contribution in [-0.2, 0) is 19.1 Å². The smallest absolute Gasteiger partial charge is 0.311 e. The van der Waals surface area contributed by atoms with E-state index in [4.69, 9.17) is 9.47 Å². The van der Waals surface area contributed by atoms with Gasteiger partial charge in [0, 0.05) is 0 Å². The maximum absolute atomic E-state index is 11.9. The summed E-state index contributed by atoms with van der Waals surface area (Å²) in [5.41, 5.74) is -0.823. The molecule has 0 aromatic carbocycles. The van der Waals surface area contributed by atoms with E-state index in [1.165, 1.54) is 0 Å². The van der Waals surface area contributed by atoms with Gasteiger partial charge in [0.2, 0.25) is 0 Å². The second-order valence-corrected chi connectivity index (χ2v) is 7.25. The molecule has 0 unspecified atom stereocenters. The van der Waals surface area contributed by atoms with Crippen molar-refractivity contribution in [1.29, 1.82) is 0 Å². The molecule has 22 heavy (non-hydrogen) atoms. The molecule has 0 N–H and O–H groups in total. The third-order valence-electron chi connectivity index (χ3n) is 3.86. The van der Waals surface area contributed by atoms with Gasteiger partial charge in [0.05, 0.1) is 24.0 Å². The minimum absolute atomic E-state index is 0.143. The summed E-state index contributed by atoms with van der Waals surface area (Å²) in [5.74, 6) is -0.286. The zero-order valence-electron chi connectivity index (χ0n) is 15.3. The van der Waals surface area contributed by atoms with Gasteiger partial charge in [-0.05, 0) is 53.4 Å². The third-order valence-corrected chi connectivity index (χ3v) is 3.86. The van der Waals surface area contributed by atoms with Gasteiger partial charge >= 0.3 is 11.9 Å². The molecular weight excluding hydrogens is 280 g/mol. The van der Waals surface area contributed by atoms with E-state index in [9.17, 15) is 9.59 Å². The van der Waals surface area contributed by atoms with Crippen LogP contribution in [0.5, 0.6) is 0 Å². The molecule has 4 heteroatoms. The zero-order chi connectivity index (χ0) is 17.2. The van der Waals surface area contributed by atoms with E-state index in [-0.39, 0.29) is 11.9 Å². The second-order valence-electron chi connectivity index (χ2n) is 7.25. The van der Waals surface area contributed by atoms with E-state index >= 15 is 0 Å². The summed E-state index contributed by atoms with van der Waals surface area (Å²) < 4.78 is 10.6. The Hall–Kier alpha value is -1.06. The van der Waals surface area contributed by atoms with Gasteiger partial charge in [0.15, 0.2) is 0 Å². The van der Waals surface area contributed by atoms with Crippen LogP contribution in [0.2, 0.25) is 0 Å². The lowest BCUT2D eigenvalue weighted by atomic mass is 9.88. The molecule has 0 amide bonds. The summed E-state index contributed by atoms with van der Waals surface area (Å²) in [5, 5.41) is 0. The summed E-state index contributed by atoms with van der Waals surface area (Å²) in [6, 6.07) is 0. The van der Waals surface area contributed by atoms with Crippen LogP contribution in [0, 0.1) is 10.8 Å². The van der Waals surface area contributed by atoms with Crippen LogP contribution in [0.4, 0.5) is 0 Å². The normalized spacial score (nSPS) is 12.1. The number of rotatable bonds is 11. The number of ether oxygens (including phenoxy) is 2. The average molecular weight is 314 g/mol. The lowest BCUT2D eigenvalue weighted by Gasteiger charge is -2.22. The number of hydrogen-bond donors (Lipinski definition) is 0. The van der Waals surface area contributed by atoms with Crippen molar-refractivity contribution in [2.45, 2.75) is 80.1 Å². The Labute approximate surface area is 135 Å². The average Bonchev–Trinajstić information content (AvgIpc) is 2.41. The van der Waals surface area contributed by atoms with Gasteiger partial charge in [-0.15, -0.1) is 0 Å². The van der Waals surface area contributed by atoms with Crippen molar-refractivity contribution in [2.24, 2.45) is 10.8 Å². The van der Waals surface area contributed by atoms with Crippen molar-refractivity contribution < 1.29 is 19.1 Å². The molecule has 0 radical (unpaired) electrons. The molecular formula is C18H34O4. The van der Waals surface area contributed by atoms with Gasteiger partial charge in [-0.1, -0.05) is 26.7 Å². The first-order valence-electron chi connectivity index (χ1n) is 8.52. The van der Waals surface area contributed by atoms with E-state index in [2.05, 4.69) is 13.8 Å². The minimum atomic E-state index is -0.411. The highest BCUT2D eigenvalue weighted by atomic mass is 16.5. The molecule has 0 aliphatic rings. The molecule has 0 fully saturated rings. The molecule has 0 bridgehead atoms. The fraction of sp³-hybridized carbons (Fsp3) is 0.889. The monoisotopic (exact) mass is 314 g/mol. The summed E-state index contributed by atoms with van der Waals surface area (Å²) >= 11 is 0. The van der Waals surface area contributed by atoms with Crippen molar-refractivity contribution in [3.05, 3.63) is 0 Å².